The van der Waals surface area contributed by atoms with Crippen LogP contribution < -0.4 is 5.73 Å². The van der Waals surface area contributed by atoms with Crippen LogP contribution in [-0.4, -0.2) is 5.91 Å². The molecule has 1 rings (SSSR count). The first-order chi connectivity index (χ1) is 6.74. The van der Waals surface area contributed by atoms with Crippen molar-refractivity contribution < 1.29 is 4.79 Å². The second-order valence-corrected chi connectivity index (χ2v) is 3.58. The molecule has 0 aromatic heterocycles. The number of hydrogen-bond acceptors (Lipinski definition) is 1. The summed E-state index contributed by atoms with van der Waals surface area (Å²) in [6.07, 6.45) is 2.65. The van der Waals surface area contributed by atoms with Crippen molar-refractivity contribution in [3.63, 3.8) is 0 Å². The topological polar surface area (TPSA) is 43.1 Å². The van der Waals surface area contributed by atoms with E-state index in [1.54, 1.807) is 0 Å². The van der Waals surface area contributed by atoms with Crippen LogP contribution >= 0.6 is 0 Å². The summed E-state index contributed by atoms with van der Waals surface area (Å²) >= 11 is 0. The molecule has 0 aliphatic carbocycles. The maximum atomic E-state index is 11.1. The summed E-state index contributed by atoms with van der Waals surface area (Å²) in [4.78, 5) is 11.1. The number of carbonyl (C=O) groups is 1. The van der Waals surface area contributed by atoms with Gasteiger partial charge in [-0.05, 0) is 18.4 Å². The molecule has 1 amide bonds. The van der Waals surface area contributed by atoms with E-state index in [0.29, 0.717) is 0 Å². The molecule has 1 atom stereocenters. The van der Waals surface area contributed by atoms with E-state index >= 15 is 0 Å². The zero-order valence-electron chi connectivity index (χ0n) is 8.57. The van der Waals surface area contributed by atoms with Crippen LogP contribution in [0.1, 0.15) is 25.3 Å². The van der Waals surface area contributed by atoms with Gasteiger partial charge in [0.1, 0.15) is 0 Å². The van der Waals surface area contributed by atoms with Gasteiger partial charge in [0.25, 0.3) is 0 Å². The van der Waals surface area contributed by atoms with Crippen LogP contribution in [0.3, 0.4) is 0 Å². The second-order valence-electron chi connectivity index (χ2n) is 3.58. The fourth-order valence-corrected chi connectivity index (χ4v) is 1.59. The Bertz CT molecular complexity index is 282. The van der Waals surface area contributed by atoms with Gasteiger partial charge in [0.05, 0.1) is 0 Å². The van der Waals surface area contributed by atoms with Crippen molar-refractivity contribution in [1.29, 1.82) is 0 Å². The molecule has 0 spiro atoms. The van der Waals surface area contributed by atoms with E-state index in [0.717, 1.165) is 19.3 Å². The number of primary amides is 1. The predicted octanol–water partition coefficient (Wildman–Crippen LogP) is 2.13. The van der Waals surface area contributed by atoms with E-state index < -0.39 is 0 Å². The van der Waals surface area contributed by atoms with Gasteiger partial charge in [-0.15, -0.1) is 0 Å². The molecule has 1 aromatic carbocycles. The first-order valence-electron chi connectivity index (χ1n) is 5.07. The van der Waals surface area contributed by atoms with E-state index in [1.165, 1.54) is 5.56 Å². The van der Waals surface area contributed by atoms with Gasteiger partial charge in [-0.1, -0.05) is 43.7 Å². The van der Waals surface area contributed by atoms with Crippen molar-refractivity contribution in [3.05, 3.63) is 35.9 Å². The number of hydrogen-bond donors (Lipinski definition) is 1. The molecule has 0 bridgehead atoms. The third-order valence-electron chi connectivity index (χ3n) is 2.36. The van der Waals surface area contributed by atoms with Gasteiger partial charge in [0.2, 0.25) is 5.91 Å². The summed E-state index contributed by atoms with van der Waals surface area (Å²) in [6.45, 7) is 2.07. The average Bonchev–Trinajstić information content (AvgIpc) is 2.18. The molecule has 76 valence electrons. The van der Waals surface area contributed by atoms with E-state index in [-0.39, 0.29) is 11.8 Å². The molecule has 0 aliphatic rings. The van der Waals surface area contributed by atoms with Crippen LogP contribution in [0.2, 0.25) is 0 Å². The highest BCUT2D eigenvalue weighted by Crippen LogP contribution is 2.13. The molecule has 1 aromatic rings. The van der Waals surface area contributed by atoms with Crippen molar-refractivity contribution in [2.45, 2.75) is 26.2 Å². The highest BCUT2D eigenvalue weighted by atomic mass is 16.1. The van der Waals surface area contributed by atoms with E-state index in [2.05, 4.69) is 6.92 Å². The third kappa shape index (κ3) is 3.21. The van der Waals surface area contributed by atoms with Gasteiger partial charge in [0.15, 0.2) is 0 Å². The highest BCUT2D eigenvalue weighted by Gasteiger charge is 2.14. The van der Waals surface area contributed by atoms with Crippen LogP contribution in [0.25, 0.3) is 0 Å². The molecule has 2 nitrogen and oxygen atoms in total. The highest BCUT2D eigenvalue weighted by molar-refractivity contribution is 5.76. The Morgan fingerprint density at radius 2 is 2.00 bits per heavy atom. The molecule has 0 saturated heterocycles. The Labute approximate surface area is 85.1 Å². The van der Waals surface area contributed by atoms with Crippen LogP contribution in [0.15, 0.2) is 30.3 Å². The maximum Gasteiger partial charge on any atom is 0.220 e. The van der Waals surface area contributed by atoms with Crippen LogP contribution in [0.5, 0.6) is 0 Å². The van der Waals surface area contributed by atoms with Crippen molar-refractivity contribution in [3.8, 4) is 0 Å². The Morgan fingerprint density at radius 1 is 1.36 bits per heavy atom. The number of amides is 1. The van der Waals surface area contributed by atoms with Crippen LogP contribution in [0, 0.1) is 5.92 Å². The van der Waals surface area contributed by atoms with Crippen molar-refractivity contribution in [2.75, 3.05) is 0 Å². The standard InChI is InChI=1S/C12H17NO/c1-2-6-11(12(13)14)9-10-7-4-3-5-8-10/h3-5,7-8,11H,2,6,9H2,1H3,(H2,13,14). The average molecular weight is 191 g/mol. The number of nitrogens with two attached hydrogens (primary N) is 1. The molecule has 0 fully saturated rings. The zero-order valence-corrected chi connectivity index (χ0v) is 8.57. The van der Waals surface area contributed by atoms with Gasteiger partial charge in [0, 0.05) is 5.92 Å². The minimum atomic E-state index is -0.185. The molecule has 0 radical (unpaired) electrons. The Morgan fingerprint density at radius 3 is 2.50 bits per heavy atom. The van der Waals surface area contributed by atoms with Crippen molar-refractivity contribution in [2.24, 2.45) is 11.7 Å². The molecule has 14 heavy (non-hydrogen) atoms. The van der Waals surface area contributed by atoms with Gasteiger partial charge in [-0.3, -0.25) is 4.79 Å². The second kappa shape index (κ2) is 5.43. The molecule has 2 N–H and O–H groups in total. The lowest BCUT2D eigenvalue weighted by Crippen LogP contribution is -2.24. The summed E-state index contributed by atoms with van der Waals surface area (Å²) in [5.74, 6) is -0.196. The normalized spacial score (nSPS) is 12.4. The number of carbonyl (C=O) groups excluding carboxylic acids is 1. The van der Waals surface area contributed by atoms with Gasteiger partial charge >= 0.3 is 0 Å². The first-order valence-corrected chi connectivity index (χ1v) is 5.07. The molecule has 0 saturated carbocycles. The quantitative estimate of drug-likeness (QED) is 0.761. The molecule has 2 heteroatoms. The Kier molecular flexibility index (Phi) is 4.17. The van der Waals surface area contributed by atoms with Crippen LogP contribution in [0.4, 0.5) is 0 Å². The molecule has 0 heterocycles. The fraction of sp³-hybridized carbons (Fsp3) is 0.417. The van der Waals surface area contributed by atoms with Gasteiger partial charge in [-0.25, -0.2) is 0 Å². The first kappa shape index (κ1) is 10.8. The minimum absolute atomic E-state index is 0.0117. The van der Waals surface area contributed by atoms with Crippen LogP contribution in [-0.2, 0) is 11.2 Å². The molecule has 1 unspecified atom stereocenters. The lowest BCUT2D eigenvalue weighted by Gasteiger charge is -2.11. The van der Waals surface area contributed by atoms with Crippen molar-refractivity contribution in [1.82, 2.24) is 0 Å². The summed E-state index contributed by atoms with van der Waals surface area (Å²) in [5.41, 5.74) is 6.52. The smallest absolute Gasteiger partial charge is 0.220 e. The Balaban J connectivity index is 2.60. The van der Waals surface area contributed by atoms with Gasteiger partial charge in [-0.2, -0.15) is 0 Å². The van der Waals surface area contributed by atoms with Crippen molar-refractivity contribution >= 4 is 5.91 Å². The molecular formula is C12H17NO. The lowest BCUT2D eigenvalue weighted by molar-refractivity contribution is -0.122. The van der Waals surface area contributed by atoms with Gasteiger partial charge < -0.3 is 5.73 Å². The zero-order chi connectivity index (χ0) is 10.4. The van der Waals surface area contributed by atoms with E-state index in [9.17, 15) is 4.79 Å². The summed E-state index contributed by atoms with van der Waals surface area (Å²) in [6, 6.07) is 10.0. The number of benzene rings is 1. The molecule has 0 aliphatic heterocycles. The largest absolute Gasteiger partial charge is 0.369 e. The molecular weight excluding hydrogens is 174 g/mol. The SMILES string of the molecule is CCCC(Cc1ccccc1)C(N)=O. The Hall–Kier alpha value is -1.31. The summed E-state index contributed by atoms with van der Waals surface area (Å²) in [7, 11) is 0. The van der Waals surface area contributed by atoms with E-state index in [1.807, 2.05) is 30.3 Å². The fourth-order valence-electron chi connectivity index (χ4n) is 1.59. The summed E-state index contributed by atoms with van der Waals surface area (Å²) in [5, 5.41) is 0. The lowest BCUT2D eigenvalue weighted by atomic mass is 9.94. The maximum absolute atomic E-state index is 11.1. The summed E-state index contributed by atoms with van der Waals surface area (Å²) < 4.78 is 0. The predicted molar refractivity (Wildman–Crippen MR) is 57.7 cm³/mol. The monoisotopic (exact) mass is 191 g/mol. The minimum Gasteiger partial charge on any atom is -0.369 e. The third-order valence-corrected chi connectivity index (χ3v) is 2.36. The van der Waals surface area contributed by atoms with E-state index in [4.69, 9.17) is 5.73 Å². The number of rotatable bonds is 5.